The van der Waals surface area contributed by atoms with Gasteiger partial charge in [0.2, 0.25) is 0 Å². The summed E-state index contributed by atoms with van der Waals surface area (Å²) in [5.41, 5.74) is 0. The van der Waals surface area contributed by atoms with E-state index in [1.807, 2.05) is 0 Å². The van der Waals surface area contributed by atoms with Crippen LogP contribution >= 0.6 is 0 Å². The Hall–Kier alpha value is -0.900. The molecule has 0 aromatic rings. The van der Waals surface area contributed by atoms with Crippen molar-refractivity contribution in [3.8, 4) is 0 Å². The molecule has 0 amide bonds. The minimum atomic E-state index is -0.182. The van der Waals surface area contributed by atoms with Crippen LogP contribution in [0.2, 0.25) is 0 Å². The number of hydrogen-bond acceptors (Lipinski definition) is 4. The van der Waals surface area contributed by atoms with Crippen LogP contribution in [-0.2, 0) is 19.1 Å². The zero-order valence-electron chi connectivity index (χ0n) is 12.2. The molecule has 0 aromatic carbocycles. The summed E-state index contributed by atoms with van der Waals surface area (Å²) in [6, 6.07) is 0. The van der Waals surface area contributed by atoms with Crippen LogP contribution in [0, 0.1) is 11.8 Å². The molecule has 0 unspecified atom stereocenters. The lowest BCUT2D eigenvalue weighted by atomic mass is 9.76. The van der Waals surface area contributed by atoms with Gasteiger partial charge in [-0.3, -0.25) is 9.59 Å². The molecule has 1 heterocycles. The van der Waals surface area contributed by atoms with Crippen molar-refractivity contribution in [1.82, 2.24) is 0 Å². The molecule has 1 saturated heterocycles. The number of carbonyl (C=O) groups is 2. The van der Waals surface area contributed by atoms with E-state index < -0.39 is 0 Å². The smallest absolute Gasteiger partial charge is 0.302 e. The number of ketones is 1. The molecule has 2 aliphatic rings. The number of hydrogen-bond donors (Lipinski definition) is 0. The fourth-order valence-electron chi connectivity index (χ4n) is 2.53. The van der Waals surface area contributed by atoms with E-state index >= 15 is 0 Å². The predicted octanol–water partition coefficient (Wildman–Crippen LogP) is 2.74. The molecule has 1 aliphatic heterocycles. The van der Waals surface area contributed by atoms with Gasteiger partial charge < -0.3 is 9.47 Å². The second-order valence-electron chi connectivity index (χ2n) is 5.36. The van der Waals surface area contributed by atoms with Gasteiger partial charge in [0.1, 0.15) is 5.78 Å². The monoisotopic (exact) mass is 270 g/mol. The van der Waals surface area contributed by atoms with Gasteiger partial charge in [0.05, 0.1) is 6.61 Å². The molecular weight excluding hydrogens is 244 g/mol. The summed E-state index contributed by atoms with van der Waals surface area (Å²) in [6.07, 6.45) is 5.85. The topological polar surface area (TPSA) is 52.6 Å². The zero-order chi connectivity index (χ0) is 14.1. The number of fused-ring (bicyclic) bond motifs is 1. The molecule has 4 heteroatoms. The highest BCUT2D eigenvalue weighted by Gasteiger charge is 2.31. The van der Waals surface area contributed by atoms with Gasteiger partial charge in [-0.15, -0.1) is 0 Å². The highest BCUT2D eigenvalue weighted by Crippen LogP contribution is 2.33. The average Bonchev–Trinajstić information content (AvgIpc) is 2.39. The quantitative estimate of drug-likeness (QED) is 0.584. The number of esters is 1. The molecule has 0 N–H and O–H groups in total. The standard InChI is InChI=1S/C9H14O2.C6H12O2/c10-9-2-1-8-6-11-4-3-7(8)5-9;1-3-4-5-8-6(2)7/h7-8H,1-6H2;3-5H2,1-2H3/t7-,8-;/m0./s1. The van der Waals surface area contributed by atoms with Crippen molar-refractivity contribution in [3.63, 3.8) is 0 Å². The molecule has 2 rings (SSSR count). The molecule has 4 nitrogen and oxygen atoms in total. The van der Waals surface area contributed by atoms with Gasteiger partial charge in [-0.05, 0) is 31.1 Å². The number of rotatable bonds is 3. The Bertz CT molecular complexity index is 288. The summed E-state index contributed by atoms with van der Waals surface area (Å²) in [7, 11) is 0. The molecule has 1 aliphatic carbocycles. The van der Waals surface area contributed by atoms with Gasteiger partial charge >= 0.3 is 5.97 Å². The van der Waals surface area contributed by atoms with Crippen molar-refractivity contribution in [2.75, 3.05) is 19.8 Å². The van der Waals surface area contributed by atoms with Gasteiger partial charge in [-0.1, -0.05) is 13.3 Å². The molecule has 2 atom stereocenters. The van der Waals surface area contributed by atoms with E-state index in [9.17, 15) is 9.59 Å². The fourth-order valence-corrected chi connectivity index (χ4v) is 2.53. The third-order valence-electron chi connectivity index (χ3n) is 3.72. The predicted molar refractivity (Wildman–Crippen MR) is 72.8 cm³/mol. The molecular formula is C15H26O4. The summed E-state index contributed by atoms with van der Waals surface area (Å²) in [6.45, 7) is 5.83. The second kappa shape index (κ2) is 9.08. The molecule has 0 aromatic heterocycles. The highest BCUT2D eigenvalue weighted by atomic mass is 16.5. The fraction of sp³-hybridized carbons (Fsp3) is 0.867. The van der Waals surface area contributed by atoms with Crippen molar-refractivity contribution in [3.05, 3.63) is 0 Å². The summed E-state index contributed by atoms with van der Waals surface area (Å²) in [5, 5.41) is 0. The SMILES string of the molecule is CCCCOC(C)=O.O=C1CC[C@H]2COCC[C@H]2C1. The number of ether oxygens (including phenoxy) is 2. The van der Waals surface area contributed by atoms with Gasteiger partial charge in [0.15, 0.2) is 0 Å². The highest BCUT2D eigenvalue weighted by molar-refractivity contribution is 5.79. The van der Waals surface area contributed by atoms with Crippen molar-refractivity contribution >= 4 is 11.8 Å². The van der Waals surface area contributed by atoms with Crippen molar-refractivity contribution in [2.24, 2.45) is 11.8 Å². The zero-order valence-corrected chi connectivity index (χ0v) is 12.2. The molecule has 19 heavy (non-hydrogen) atoms. The summed E-state index contributed by atoms with van der Waals surface area (Å²) >= 11 is 0. The van der Waals surface area contributed by atoms with Crippen LogP contribution in [0.4, 0.5) is 0 Å². The number of carbonyl (C=O) groups excluding carboxylic acids is 2. The van der Waals surface area contributed by atoms with E-state index in [2.05, 4.69) is 11.7 Å². The maximum Gasteiger partial charge on any atom is 0.302 e. The second-order valence-corrected chi connectivity index (χ2v) is 5.36. The minimum Gasteiger partial charge on any atom is -0.466 e. The van der Waals surface area contributed by atoms with Crippen LogP contribution in [-0.4, -0.2) is 31.6 Å². The molecule has 1 saturated carbocycles. The first kappa shape index (κ1) is 16.2. The Morgan fingerprint density at radius 3 is 2.84 bits per heavy atom. The first-order chi connectivity index (χ1) is 9.13. The maximum atomic E-state index is 11.1. The van der Waals surface area contributed by atoms with E-state index in [-0.39, 0.29) is 5.97 Å². The van der Waals surface area contributed by atoms with Gasteiger partial charge in [0.25, 0.3) is 0 Å². The molecule has 2 fully saturated rings. The molecule has 0 spiro atoms. The Morgan fingerprint density at radius 2 is 2.16 bits per heavy atom. The first-order valence-electron chi connectivity index (χ1n) is 7.36. The largest absolute Gasteiger partial charge is 0.466 e. The number of Topliss-reactive ketones (excluding diaryl/α,β-unsaturated/α-hetero) is 1. The van der Waals surface area contributed by atoms with Gasteiger partial charge in [-0.2, -0.15) is 0 Å². The van der Waals surface area contributed by atoms with E-state index in [0.717, 1.165) is 51.7 Å². The van der Waals surface area contributed by atoms with Crippen LogP contribution in [0.5, 0.6) is 0 Å². The molecule has 0 radical (unpaired) electrons. The van der Waals surface area contributed by atoms with Gasteiger partial charge in [-0.25, -0.2) is 0 Å². The summed E-state index contributed by atoms with van der Waals surface area (Å²) in [4.78, 5) is 21.2. The Kier molecular flexibility index (Phi) is 7.72. The van der Waals surface area contributed by atoms with Crippen LogP contribution in [0.15, 0.2) is 0 Å². The normalized spacial score (nSPS) is 25.9. The Morgan fingerprint density at radius 1 is 1.37 bits per heavy atom. The third-order valence-corrected chi connectivity index (χ3v) is 3.72. The van der Waals surface area contributed by atoms with E-state index in [1.165, 1.54) is 6.92 Å². The van der Waals surface area contributed by atoms with Crippen LogP contribution in [0.1, 0.15) is 52.4 Å². The summed E-state index contributed by atoms with van der Waals surface area (Å²) < 4.78 is 10.0. The Balaban J connectivity index is 0.000000203. The third kappa shape index (κ3) is 6.71. The lowest BCUT2D eigenvalue weighted by molar-refractivity contribution is -0.141. The van der Waals surface area contributed by atoms with Crippen molar-refractivity contribution in [2.45, 2.75) is 52.4 Å². The molecule has 0 bridgehead atoms. The van der Waals surface area contributed by atoms with Crippen LogP contribution in [0.3, 0.4) is 0 Å². The van der Waals surface area contributed by atoms with E-state index in [4.69, 9.17) is 4.74 Å². The van der Waals surface area contributed by atoms with Crippen LogP contribution in [0.25, 0.3) is 0 Å². The lowest BCUT2D eigenvalue weighted by Gasteiger charge is -2.34. The lowest BCUT2D eigenvalue weighted by Crippen LogP contribution is -2.33. The van der Waals surface area contributed by atoms with Crippen molar-refractivity contribution < 1.29 is 19.1 Å². The minimum absolute atomic E-state index is 0.182. The average molecular weight is 270 g/mol. The summed E-state index contributed by atoms with van der Waals surface area (Å²) in [5.74, 6) is 1.64. The Labute approximate surface area is 115 Å². The first-order valence-corrected chi connectivity index (χ1v) is 7.36. The van der Waals surface area contributed by atoms with Crippen molar-refractivity contribution in [1.29, 1.82) is 0 Å². The van der Waals surface area contributed by atoms with Crippen LogP contribution < -0.4 is 0 Å². The van der Waals surface area contributed by atoms with E-state index in [0.29, 0.717) is 24.2 Å². The maximum absolute atomic E-state index is 11.1. The molecule has 110 valence electrons. The van der Waals surface area contributed by atoms with Gasteiger partial charge in [0, 0.05) is 33.0 Å². The number of unbranched alkanes of at least 4 members (excludes halogenated alkanes) is 1. The van der Waals surface area contributed by atoms with E-state index in [1.54, 1.807) is 0 Å².